The Hall–Kier alpha value is -1.86. The molecule has 0 saturated heterocycles. The molecule has 0 aromatic heterocycles. The first-order valence-electron chi connectivity index (χ1n) is 6.67. The maximum atomic E-state index is 13.4. The van der Waals surface area contributed by atoms with Crippen LogP contribution in [0.1, 0.15) is 42.6 Å². The van der Waals surface area contributed by atoms with Crippen molar-refractivity contribution in [2.75, 3.05) is 13.7 Å². The third kappa shape index (κ3) is 4.07. The number of carbonyl (C=O) groups is 1. The Morgan fingerprint density at radius 3 is 2.80 bits per heavy atom. The number of hydrogen-bond donors (Lipinski definition) is 1. The molecule has 0 aliphatic rings. The second-order valence-electron chi connectivity index (χ2n) is 4.64. The van der Waals surface area contributed by atoms with Crippen molar-refractivity contribution < 1.29 is 14.3 Å². The van der Waals surface area contributed by atoms with Crippen LogP contribution in [0.3, 0.4) is 0 Å². The van der Waals surface area contributed by atoms with Gasteiger partial charge in [-0.05, 0) is 31.5 Å². The van der Waals surface area contributed by atoms with Gasteiger partial charge >= 0.3 is 0 Å². The lowest BCUT2D eigenvalue weighted by atomic mass is 10.1. The summed E-state index contributed by atoms with van der Waals surface area (Å²) in [6, 6.07) is 4.06. The highest BCUT2D eigenvalue weighted by Crippen LogP contribution is 2.15. The van der Waals surface area contributed by atoms with Gasteiger partial charge in [-0.1, -0.05) is 18.8 Å². The molecule has 0 radical (unpaired) electrons. The minimum Gasteiger partial charge on any atom is -0.395 e. The second kappa shape index (κ2) is 7.66. The van der Waals surface area contributed by atoms with Gasteiger partial charge in [-0.25, -0.2) is 4.39 Å². The lowest BCUT2D eigenvalue weighted by molar-refractivity contribution is 0.0740. The Balaban J connectivity index is 3.12. The monoisotopic (exact) mass is 277 g/mol. The number of aliphatic hydroxyl groups is 1. The third-order valence-corrected chi connectivity index (χ3v) is 3.24. The van der Waals surface area contributed by atoms with Crippen molar-refractivity contribution in [2.24, 2.45) is 0 Å². The molecule has 1 atom stereocenters. The van der Waals surface area contributed by atoms with Crippen LogP contribution in [-0.4, -0.2) is 35.6 Å². The van der Waals surface area contributed by atoms with Crippen LogP contribution in [0.25, 0.3) is 0 Å². The third-order valence-electron chi connectivity index (χ3n) is 3.24. The van der Waals surface area contributed by atoms with E-state index in [0.717, 1.165) is 6.42 Å². The molecule has 1 N–H and O–H groups in total. The summed E-state index contributed by atoms with van der Waals surface area (Å²) in [5, 5.41) is 8.72. The molecule has 20 heavy (non-hydrogen) atoms. The zero-order chi connectivity index (χ0) is 15.1. The highest BCUT2D eigenvalue weighted by molar-refractivity contribution is 5.96. The molecule has 0 aliphatic carbocycles. The molecule has 3 nitrogen and oxygen atoms in total. The zero-order valence-corrected chi connectivity index (χ0v) is 12.1. The van der Waals surface area contributed by atoms with Gasteiger partial charge in [0.25, 0.3) is 5.91 Å². The van der Waals surface area contributed by atoms with Crippen molar-refractivity contribution >= 4 is 5.91 Å². The van der Waals surface area contributed by atoms with Crippen LogP contribution < -0.4 is 0 Å². The fourth-order valence-electron chi connectivity index (χ4n) is 1.68. The van der Waals surface area contributed by atoms with E-state index in [4.69, 9.17) is 5.11 Å². The summed E-state index contributed by atoms with van der Waals surface area (Å²) in [7, 11) is 1.70. The van der Waals surface area contributed by atoms with E-state index >= 15 is 0 Å². The molecule has 0 spiro atoms. The molecule has 1 unspecified atom stereocenters. The Morgan fingerprint density at radius 2 is 2.20 bits per heavy atom. The molecule has 0 aliphatic heterocycles. The van der Waals surface area contributed by atoms with Crippen LogP contribution in [0.4, 0.5) is 4.39 Å². The summed E-state index contributed by atoms with van der Waals surface area (Å²) in [4.78, 5) is 14.0. The summed E-state index contributed by atoms with van der Waals surface area (Å²) < 4.78 is 13.4. The van der Waals surface area contributed by atoms with Crippen LogP contribution in [-0.2, 0) is 0 Å². The standard InChI is InChI=1S/C16H20FNO2/c1-4-12(2)18(3)16(20)15-11-14(17)9-8-13(15)7-5-6-10-19/h8-9,11-12,19H,4,6,10H2,1-3H3. The number of benzene rings is 1. The van der Waals surface area contributed by atoms with Gasteiger partial charge in [-0.15, -0.1) is 0 Å². The van der Waals surface area contributed by atoms with E-state index in [9.17, 15) is 9.18 Å². The molecule has 1 amide bonds. The first kappa shape index (κ1) is 16.2. The van der Waals surface area contributed by atoms with E-state index < -0.39 is 5.82 Å². The molecular weight excluding hydrogens is 257 g/mol. The van der Waals surface area contributed by atoms with E-state index in [-0.39, 0.29) is 24.1 Å². The normalized spacial score (nSPS) is 11.4. The topological polar surface area (TPSA) is 40.5 Å². The first-order valence-corrected chi connectivity index (χ1v) is 6.67. The van der Waals surface area contributed by atoms with Crippen LogP contribution in [0.5, 0.6) is 0 Å². The number of amides is 1. The summed E-state index contributed by atoms with van der Waals surface area (Å²) in [5.41, 5.74) is 0.748. The van der Waals surface area contributed by atoms with Crippen molar-refractivity contribution in [2.45, 2.75) is 32.7 Å². The van der Waals surface area contributed by atoms with Gasteiger partial charge in [0.2, 0.25) is 0 Å². The van der Waals surface area contributed by atoms with Crippen LogP contribution in [0, 0.1) is 17.7 Å². The molecule has 108 valence electrons. The molecule has 1 rings (SSSR count). The summed E-state index contributed by atoms with van der Waals surface area (Å²) in [5.74, 6) is 4.86. The Bertz CT molecular complexity index is 531. The lowest BCUT2D eigenvalue weighted by Gasteiger charge is -2.24. The van der Waals surface area contributed by atoms with Crippen molar-refractivity contribution in [3.63, 3.8) is 0 Å². The average Bonchev–Trinajstić information content (AvgIpc) is 2.46. The number of nitrogens with zero attached hydrogens (tertiary/aromatic N) is 1. The Kier molecular flexibility index (Phi) is 6.20. The van der Waals surface area contributed by atoms with Crippen molar-refractivity contribution in [3.8, 4) is 11.8 Å². The molecule has 0 fully saturated rings. The largest absolute Gasteiger partial charge is 0.395 e. The van der Waals surface area contributed by atoms with Gasteiger partial charge in [-0.3, -0.25) is 4.79 Å². The second-order valence-corrected chi connectivity index (χ2v) is 4.64. The number of aliphatic hydroxyl groups excluding tert-OH is 1. The van der Waals surface area contributed by atoms with Crippen LogP contribution >= 0.6 is 0 Å². The van der Waals surface area contributed by atoms with Gasteiger partial charge in [0, 0.05) is 25.1 Å². The highest BCUT2D eigenvalue weighted by Gasteiger charge is 2.19. The van der Waals surface area contributed by atoms with Gasteiger partial charge in [0.15, 0.2) is 0 Å². The Morgan fingerprint density at radius 1 is 1.50 bits per heavy atom. The molecule has 1 aromatic carbocycles. The predicted octanol–water partition coefficient (Wildman–Crippen LogP) is 2.43. The molecule has 0 bridgehead atoms. The van der Waals surface area contributed by atoms with Crippen LogP contribution in [0.2, 0.25) is 0 Å². The van der Waals surface area contributed by atoms with E-state index in [1.807, 2.05) is 13.8 Å². The smallest absolute Gasteiger partial charge is 0.255 e. The highest BCUT2D eigenvalue weighted by atomic mass is 19.1. The lowest BCUT2D eigenvalue weighted by Crippen LogP contribution is -2.35. The molecule has 1 aromatic rings. The van der Waals surface area contributed by atoms with E-state index in [0.29, 0.717) is 12.0 Å². The van der Waals surface area contributed by atoms with Gasteiger partial charge in [-0.2, -0.15) is 0 Å². The maximum Gasteiger partial charge on any atom is 0.255 e. The van der Waals surface area contributed by atoms with Crippen molar-refractivity contribution in [1.82, 2.24) is 4.90 Å². The summed E-state index contributed by atoms with van der Waals surface area (Å²) in [6.45, 7) is 3.89. The SMILES string of the molecule is CCC(C)N(C)C(=O)c1cc(F)ccc1C#CCCO. The summed E-state index contributed by atoms with van der Waals surface area (Å²) in [6.07, 6.45) is 1.15. The Labute approximate surface area is 119 Å². The van der Waals surface area contributed by atoms with Gasteiger partial charge in [0.05, 0.1) is 12.2 Å². The molecule has 4 heteroatoms. The van der Waals surface area contributed by atoms with Crippen LogP contribution in [0.15, 0.2) is 18.2 Å². The number of halogens is 1. The van der Waals surface area contributed by atoms with Gasteiger partial charge < -0.3 is 10.0 Å². The van der Waals surface area contributed by atoms with Gasteiger partial charge in [0.1, 0.15) is 5.82 Å². The summed E-state index contributed by atoms with van der Waals surface area (Å²) >= 11 is 0. The molecular formula is C16H20FNO2. The fourth-order valence-corrected chi connectivity index (χ4v) is 1.68. The van der Waals surface area contributed by atoms with Crippen molar-refractivity contribution in [1.29, 1.82) is 0 Å². The fraction of sp³-hybridized carbons (Fsp3) is 0.438. The zero-order valence-electron chi connectivity index (χ0n) is 12.1. The first-order chi connectivity index (χ1) is 9.51. The minimum atomic E-state index is -0.460. The van der Waals surface area contributed by atoms with E-state index in [1.165, 1.54) is 18.2 Å². The number of hydrogen-bond acceptors (Lipinski definition) is 2. The maximum absolute atomic E-state index is 13.4. The molecule has 0 saturated carbocycles. The number of carbonyl (C=O) groups excluding carboxylic acids is 1. The quantitative estimate of drug-likeness (QED) is 0.859. The van der Waals surface area contributed by atoms with E-state index in [2.05, 4.69) is 11.8 Å². The van der Waals surface area contributed by atoms with E-state index in [1.54, 1.807) is 11.9 Å². The predicted molar refractivity (Wildman–Crippen MR) is 76.8 cm³/mol. The molecule has 0 heterocycles. The average molecular weight is 277 g/mol. The van der Waals surface area contributed by atoms with Crippen molar-refractivity contribution in [3.05, 3.63) is 35.1 Å². The number of rotatable bonds is 4. The minimum absolute atomic E-state index is 0.0375.